The second-order valence-corrected chi connectivity index (χ2v) is 7.50. The molecule has 1 aromatic carbocycles. The van der Waals surface area contributed by atoms with Gasteiger partial charge in [-0.15, -0.1) is 11.3 Å². The predicted octanol–water partition coefficient (Wildman–Crippen LogP) is 5.09. The maximum Gasteiger partial charge on any atom is 0.261 e. The van der Waals surface area contributed by atoms with Crippen LogP contribution in [0.2, 0.25) is 0 Å². The molecule has 3 rings (SSSR count). The van der Waals surface area contributed by atoms with E-state index in [1.807, 2.05) is 42.6 Å². The van der Waals surface area contributed by atoms with Crippen LogP contribution < -0.4 is 10.1 Å². The first-order valence-electron chi connectivity index (χ1n) is 8.78. The molecule has 1 aliphatic carbocycles. The number of thiophene rings is 1. The first-order valence-corrected chi connectivity index (χ1v) is 9.66. The van der Waals surface area contributed by atoms with Crippen molar-refractivity contribution in [1.82, 2.24) is 5.32 Å². The fourth-order valence-corrected chi connectivity index (χ4v) is 3.92. The molecular formula is C20H25NO2S. The van der Waals surface area contributed by atoms with Gasteiger partial charge in [0.2, 0.25) is 0 Å². The van der Waals surface area contributed by atoms with Gasteiger partial charge in [0.25, 0.3) is 5.91 Å². The molecule has 1 aromatic heterocycles. The highest BCUT2D eigenvalue weighted by atomic mass is 32.1. The summed E-state index contributed by atoms with van der Waals surface area (Å²) in [4.78, 5) is 13.2. The van der Waals surface area contributed by atoms with Crippen LogP contribution in [0.25, 0.3) is 0 Å². The van der Waals surface area contributed by atoms with Crippen molar-refractivity contribution in [2.75, 3.05) is 0 Å². The zero-order valence-electron chi connectivity index (χ0n) is 14.2. The number of hydrogen-bond acceptors (Lipinski definition) is 3. The third-order valence-electron chi connectivity index (χ3n) is 4.46. The summed E-state index contributed by atoms with van der Waals surface area (Å²) in [5.41, 5.74) is 2.23. The van der Waals surface area contributed by atoms with Gasteiger partial charge in [0.05, 0.1) is 4.88 Å². The van der Waals surface area contributed by atoms with Gasteiger partial charge in [-0.1, -0.05) is 37.8 Å². The Hall–Kier alpha value is -1.81. The topological polar surface area (TPSA) is 38.3 Å². The molecule has 0 saturated heterocycles. The molecular weight excluding hydrogens is 318 g/mol. The maximum atomic E-state index is 12.4. The van der Waals surface area contributed by atoms with Crippen molar-refractivity contribution in [3.05, 3.63) is 51.7 Å². The van der Waals surface area contributed by atoms with Crippen LogP contribution in [0.4, 0.5) is 0 Å². The van der Waals surface area contributed by atoms with Crippen molar-refractivity contribution >= 4 is 17.2 Å². The van der Waals surface area contributed by atoms with Gasteiger partial charge in [-0.05, 0) is 48.9 Å². The smallest absolute Gasteiger partial charge is 0.261 e. The number of nitrogens with one attached hydrogen (secondary N) is 1. The van der Waals surface area contributed by atoms with Crippen molar-refractivity contribution in [1.29, 1.82) is 0 Å². The molecule has 1 saturated carbocycles. The van der Waals surface area contributed by atoms with Crippen molar-refractivity contribution in [2.24, 2.45) is 0 Å². The molecule has 1 fully saturated rings. The molecule has 128 valence electrons. The van der Waals surface area contributed by atoms with Crippen LogP contribution in [0, 0.1) is 6.92 Å². The van der Waals surface area contributed by atoms with E-state index in [0.29, 0.717) is 12.6 Å². The third kappa shape index (κ3) is 4.84. The first-order chi connectivity index (χ1) is 11.7. The second-order valence-electron chi connectivity index (χ2n) is 6.59. The molecule has 0 aliphatic heterocycles. The van der Waals surface area contributed by atoms with Crippen molar-refractivity contribution in [2.45, 2.75) is 58.1 Å². The average molecular weight is 343 g/mol. The molecule has 2 aromatic rings. The standard InChI is InChI=1S/C20H25NO2S/c1-15-7-6-10-18(11-15)23-13-16-12-19(24-14-16)20(22)21-17-8-4-2-3-5-9-17/h6-7,10-12,14,17H,2-5,8-9,13H2,1H3,(H,21,22). The minimum Gasteiger partial charge on any atom is -0.489 e. The monoisotopic (exact) mass is 343 g/mol. The van der Waals surface area contributed by atoms with Crippen LogP contribution in [0.3, 0.4) is 0 Å². The third-order valence-corrected chi connectivity index (χ3v) is 5.44. The summed E-state index contributed by atoms with van der Waals surface area (Å²) >= 11 is 1.50. The van der Waals surface area contributed by atoms with Gasteiger partial charge >= 0.3 is 0 Å². The van der Waals surface area contributed by atoms with E-state index < -0.39 is 0 Å². The Morgan fingerprint density at radius 2 is 2.00 bits per heavy atom. The Morgan fingerprint density at radius 1 is 1.21 bits per heavy atom. The number of amides is 1. The number of carbonyl (C=O) groups excluding carboxylic acids is 1. The molecule has 0 spiro atoms. The van der Waals surface area contributed by atoms with Crippen LogP contribution in [0.5, 0.6) is 5.75 Å². The van der Waals surface area contributed by atoms with E-state index >= 15 is 0 Å². The van der Waals surface area contributed by atoms with Crippen LogP contribution in [-0.4, -0.2) is 11.9 Å². The van der Waals surface area contributed by atoms with Crippen molar-refractivity contribution in [3.63, 3.8) is 0 Å². The molecule has 0 radical (unpaired) electrons. The zero-order chi connectivity index (χ0) is 16.8. The summed E-state index contributed by atoms with van der Waals surface area (Å²) in [5.74, 6) is 0.930. The van der Waals surface area contributed by atoms with Gasteiger partial charge in [-0.25, -0.2) is 0 Å². The molecule has 1 amide bonds. The predicted molar refractivity (Wildman–Crippen MR) is 98.8 cm³/mol. The van der Waals surface area contributed by atoms with E-state index in [0.717, 1.165) is 29.0 Å². The summed E-state index contributed by atoms with van der Waals surface area (Å²) in [7, 11) is 0. The van der Waals surface area contributed by atoms with E-state index in [-0.39, 0.29) is 5.91 Å². The Kier molecular flexibility index (Phi) is 5.91. The maximum absolute atomic E-state index is 12.4. The molecule has 3 nitrogen and oxygen atoms in total. The molecule has 1 heterocycles. The van der Waals surface area contributed by atoms with Gasteiger partial charge in [-0.3, -0.25) is 4.79 Å². The lowest BCUT2D eigenvalue weighted by molar-refractivity contribution is 0.0937. The number of ether oxygens (including phenoxy) is 1. The lowest BCUT2D eigenvalue weighted by atomic mass is 10.1. The van der Waals surface area contributed by atoms with Crippen LogP contribution in [-0.2, 0) is 6.61 Å². The number of carbonyl (C=O) groups is 1. The van der Waals surface area contributed by atoms with Gasteiger partial charge < -0.3 is 10.1 Å². The fourth-order valence-electron chi connectivity index (χ4n) is 3.12. The Balaban J connectivity index is 1.53. The minimum atomic E-state index is 0.0636. The quantitative estimate of drug-likeness (QED) is 0.768. The summed E-state index contributed by atoms with van der Waals surface area (Å²) in [5, 5.41) is 5.21. The average Bonchev–Trinajstić information content (AvgIpc) is 2.91. The first kappa shape index (κ1) is 17.0. The largest absolute Gasteiger partial charge is 0.489 e. The highest BCUT2D eigenvalue weighted by molar-refractivity contribution is 7.12. The van der Waals surface area contributed by atoms with E-state index in [1.54, 1.807) is 0 Å². The Bertz CT molecular complexity index is 672. The van der Waals surface area contributed by atoms with Crippen molar-refractivity contribution in [3.8, 4) is 5.75 Å². The SMILES string of the molecule is Cc1cccc(OCc2csc(C(=O)NC3CCCCCC3)c2)c1. The van der Waals surface area contributed by atoms with Crippen LogP contribution in [0.1, 0.15) is 59.3 Å². The number of benzene rings is 1. The van der Waals surface area contributed by atoms with Crippen molar-refractivity contribution < 1.29 is 9.53 Å². The van der Waals surface area contributed by atoms with Gasteiger partial charge in [-0.2, -0.15) is 0 Å². The lowest BCUT2D eigenvalue weighted by Crippen LogP contribution is -2.33. The lowest BCUT2D eigenvalue weighted by Gasteiger charge is -2.15. The van der Waals surface area contributed by atoms with Gasteiger partial charge in [0.1, 0.15) is 12.4 Å². The van der Waals surface area contributed by atoms with E-state index in [9.17, 15) is 4.79 Å². The molecule has 0 bridgehead atoms. The molecule has 1 N–H and O–H groups in total. The van der Waals surface area contributed by atoms with Gasteiger partial charge in [0, 0.05) is 11.6 Å². The van der Waals surface area contributed by atoms with Crippen LogP contribution in [0.15, 0.2) is 35.7 Å². The molecule has 1 aliphatic rings. The summed E-state index contributed by atoms with van der Waals surface area (Å²) in [6.07, 6.45) is 7.27. The summed E-state index contributed by atoms with van der Waals surface area (Å²) in [6, 6.07) is 10.3. The second kappa shape index (κ2) is 8.34. The fraction of sp³-hybridized carbons (Fsp3) is 0.450. The molecule has 0 atom stereocenters. The van der Waals surface area contributed by atoms with E-state index in [4.69, 9.17) is 4.74 Å². The van der Waals surface area contributed by atoms with Crippen LogP contribution >= 0.6 is 11.3 Å². The molecule has 4 heteroatoms. The Labute approximate surface area is 148 Å². The summed E-state index contributed by atoms with van der Waals surface area (Å²) in [6.45, 7) is 2.55. The number of hydrogen-bond donors (Lipinski definition) is 1. The van der Waals surface area contributed by atoms with E-state index in [1.165, 1.54) is 42.6 Å². The van der Waals surface area contributed by atoms with E-state index in [2.05, 4.69) is 5.32 Å². The Morgan fingerprint density at radius 3 is 2.75 bits per heavy atom. The number of aryl methyl sites for hydroxylation is 1. The molecule has 0 unspecified atom stereocenters. The summed E-state index contributed by atoms with van der Waals surface area (Å²) < 4.78 is 5.81. The minimum absolute atomic E-state index is 0.0636. The highest BCUT2D eigenvalue weighted by Gasteiger charge is 2.17. The normalized spacial score (nSPS) is 15.7. The van der Waals surface area contributed by atoms with Gasteiger partial charge in [0.15, 0.2) is 0 Å². The highest BCUT2D eigenvalue weighted by Crippen LogP contribution is 2.21. The zero-order valence-corrected chi connectivity index (χ0v) is 15.0. The number of rotatable bonds is 5. The molecule has 24 heavy (non-hydrogen) atoms.